The summed E-state index contributed by atoms with van der Waals surface area (Å²) in [6.07, 6.45) is 2.40. The van der Waals surface area contributed by atoms with Gasteiger partial charge in [0.1, 0.15) is 12.4 Å². The molecule has 0 radical (unpaired) electrons. The summed E-state index contributed by atoms with van der Waals surface area (Å²) in [5.74, 6) is 0.710. The Hall–Kier alpha value is -2.77. The second kappa shape index (κ2) is 10.9. The third-order valence-corrected chi connectivity index (χ3v) is 6.94. The van der Waals surface area contributed by atoms with Crippen molar-refractivity contribution in [2.24, 2.45) is 0 Å². The number of amides is 1. The minimum Gasteiger partial charge on any atom is -0.489 e. The van der Waals surface area contributed by atoms with Crippen LogP contribution >= 0.6 is 11.8 Å². The van der Waals surface area contributed by atoms with E-state index in [4.69, 9.17) is 14.5 Å². The molecule has 1 aliphatic rings. The van der Waals surface area contributed by atoms with Gasteiger partial charge in [-0.05, 0) is 63.4 Å². The highest BCUT2D eigenvalue weighted by Crippen LogP contribution is 2.28. The van der Waals surface area contributed by atoms with E-state index in [0.717, 1.165) is 59.5 Å². The molecule has 7 heteroatoms. The van der Waals surface area contributed by atoms with Gasteiger partial charge in [0.15, 0.2) is 5.16 Å². The number of nitrogens with one attached hydrogen (secondary N) is 1. The summed E-state index contributed by atoms with van der Waals surface area (Å²) in [5.41, 5.74) is 3.99. The number of hydrogen-bond acceptors (Lipinski definition) is 5. The van der Waals surface area contributed by atoms with E-state index < -0.39 is 0 Å². The highest BCUT2D eigenvalue weighted by atomic mass is 32.2. The smallest absolute Gasteiger partial charge is 0.237 e. The molecule has 0 bridgehead atoms. The molecule has 2 heterocycles. The van der Waals surface area contributed by atoms with Gasteiger partial charge >= 0.3 is 0 Å². The number of thioether (sulfide) groups is 1. The van der Waals surface area contributed by atoms with E-state index in [2.05, 4.69) is 16.8 Å². The maximum atomic E-state index is 12.8. The summed E-state index contributed by atoms with van der Waals surface area (Å²) >= 11 is 1.48. The zero-order chi connectivity index (χ0) is 23.2. The largest absolute Gasteiger partial charge is 0.489 e. The molecule has 4 rings (SSSR count). The van der Waals surface area contributed by atoms with Crippen molar-refractivity contribution in [3.05, 3.63) is 71.5 Å². The average Bonchev–Trinajstić information content (AvgIpc) is 3.43. The number of ether oxygens (including phenoxy) is 2. The average molecular weight is 466 g/mol. The molecular weight excluding hydrogens is 434 g/mol. The van der Waals surface area contributed by atoms with E-state index in [-0.39, 0.29) is 17.3 Å². The highest BCUT2D eigenvalue weighted by Gasteiger charge is 2.23. The van der Waals surface area contributed by atoms with Crippen LogP contribution in [0, 0.1) is 13.8 Å². The minimum absolute atomic E-state index is 0.0556. The first-order valence-corrected chi connectivity index (χ1v) is 12.3. The number of anilines is 1. The van der Waals surface area contributed by atoms with Crippen LogP contribution in [0.2, 0.25) is 0 Å². The van der Waals surface area contributed by atoms with Crippen LogP contribution in [0.5, 0.6) is 5.75 Å². The van der Waals surface area contributed by atoms with Crippen molar-refractivity contribution in [1.29, 1.82) is 0 Å². The monoisotopic (exact) mass is 465 g/mol. The first-order chi connectivity index (χ1) is 16.0. The molecule has 1 aromatic heterocycles. The van der Waals surface area contributed by atoms with E-state index in [0.29, 0.717) is 6.61 Å². The van der Waals surface area contributed by atoms with E-state index in [1.807, 2.05) is 68.4 Å². The van der Waals surface area contributed by atoms with Crippen LogP contribution in [0.25, 0.3) is 0 Å². The lowest BCUT2D eigenvalue weighted by Gasteiger charge is -2.17. The van der Waals surface area contributed by atoms with Gasteiger partial charge in [0, 0.05) is 18.0 Å². The van der Waals surface area contributed by atoms with Crippen molar-refractivity contribution in [2.75, 3.05) is 11.9 Å². The Kier molecular flexibility index (Phi) is 7.73. The summed E-state index contributed by atoms with van der Waals surface area (Å²) in [4.78, 5) is 17.5. The van der Waals surface area contributed by atoms with Crippen LogP contribution in [0.3, 0.4) is 0 Å². The van der Waals surface area contributed by atoms with E-state index in [1.54, 1.807) is 0 Å². The molecule has 2 atom stereocenters. The Morgan fingerprint density at radius 2 is 1.97 bits per heavy atom. The van der Waals surface area contributed by atoms with E-state index in [9.17, 15) is 4.79 Å². The molecule has 1 amide bonds. The maximum Gasteiger partial charge on any atom is 0.237 e. The highest BCUT2D eigenvalue weighted by molar-refractivity contribution is 8.00. The lowest BCUT2D eigenvalue weighted by molar-refractivity contribution is -0.115. The van der Waals surface area contributed by atoms with Gasteiger partial charge in [0.2, 0.25) is 5.91 Å². The second-order valence-corrected chi connectivity index (χ2v) is 9.67. The molecule has 0 unspecified atom stereocenters. The number of aromatic nitrogens is 2. The summed E-state index contributed by atoms with van der Waals surface area (Å²) in [6, 6.07) is 17.5. The quantitative estimate of drug-likeness (QED) is 0.430. The Bertz CT molecular complexity index is 1060. The molecule has 1 aliphatic heterocycles. The standard InChI is InChI=1S/C26H31N3O3S/c1-18-19(2)29(16-24-10-7-15-31-24)26(27-18)33-20(3)25(30)28-22-11-13-23(14-12-22)32-17-21-8-5-4-6-9-21/h4-6,8-9,11-14,20,24H,7,10,15-17H2,1-3H3,(H,28,30)/t20-,24-/m1/s1. The Balaban J connectivity index is 1.33. The lowest BCUT2D eigenvalue weighted by atomic mass is 10.2. The Morgan fingerprint density at radius 3 is 2.67 bits per heavy atom. The third kappa shape index (κ3) is 6.18. The van der Waals surface area contributed by atoms with Crippen LogP contribution in [0.1, 0.15) is 36.7 Å². The summed E-state index contributed by atoms with van der Waals surface area (Å²) < 4.78 is 13.8. The summed E-state index contributed by atoms with van der Waals surface area (Å²) in [6.45, 7) is 8.12. The number of benzene rings is 2. The maximum absolute atomic E-state index is 12.8. The molecule has 6 nitrogen and oxygen atoms in total. The van der Waals surface area contributed by atoms with Crippen LogP contribution in [0.15, 0.2) is 59.8 Å². The van der Waals surface area contributed by atoms with Gasteiger partial charge in [-0.2, -0.15) is 0 Å². The fourth-order valence-electron chi connectivity index (χ4n) is 3.75. The third-order valence-electron chi connectivity index (χ3n) is 5.85. The Morgan fingerprint density at radius 1 is 1.21 bits per heavy atom. The number of nitrogens with zero attached hydrogens (tertiary/aromatic N) is 2. The van der Waals surface area contributed by atoms with Crippen molar-refractivity contribution < 1.29 is 14.3 Å². The van der Waals surface area contributed by atoms with Crippen molar-refractivity contribution >= 4 is 23.4 Å². The van der Waals surface area contributed by atoms with Crippen LogP contribution < -0.4 is 10.1 Å². The van der Waals surface area contributed by atoms with Crippen molar-refractivity contribution in [2.45, 2.75) is 63.3 Å². The van der Waals surface area contributed by atoms with Crippen molar-refractivity contribution in [1.82, 2.24) is 9.55 Å². The molecule has 0 saturated carbocycles. The van der Waals surface area contributed by atoms with Gasteiger partial charge in [-0.1, -0.05) is 42.1 Å². The fourth-order valence-corrected chi connectivity index (χ4v) is 4.76. The van der Waals surface area contributed by atoms with E-state index in [1.165, 1.54) is 11.8 Å². The van der Waals surface area contributed by atoms with Crippen LogP contribution in [-0.2, 0) is 22.7 Å². The summed E-state index contributed by atoms with van der Waals surface area (Å²) in [5, 5.41) is 3.58. The predicted octanol–water partition coefficient (Wildman–Crippen LogP) is 5.38. The first-order valence-electron chi connectivity index (χ1n) is 11.4. The number of imidazole rings is 1. The Labute approximate surface area is 199 Å². The molecule has 0 aliphatic carbocycles. The van der Waals surface area contributed by atoms with Crippen LogP contribution in [0.4, 0.5) is 5.69 Å². The normalized spacial score (nSPS) is 16.5. The molecule has 1 fully saturated rings. The predicted molar refractivity (Wildman–Crippen MR) is 132 cm³/mol. The van der Waals surface area contributed by atoms with Crippen LogP contribution in [-0.4, -0.2) is 33.4 Å². The number of hydrogen-bond donors (Lipinski definition) is 1. The van der Waals surface area contributed by atoms with Crippen molar-refractivity contribution in [3.63, 3.8) is 0 Å². The van der Waals surface area contributed by atoms with Gasteiger partial charge in [-0.3, -0.25) is 4.79 Å². The molecular formula is C26H31N3O3S. The zero-order valence-corrected chi connectivity index (χ0v) is 20.2. The molecule has 2 aromatic carbocycles. The van der Waals surface area contributed by atoms with Crippen molar-refractivity contribution in [3.8, 4) is 5.75 Å². The SMILES string of the molecule is Cc1nc(S[C@H](C)C(=O)Nc2ccc(OCc3ccccc3)cc2)n(C[C@H]2CCCO2)c1C. The minimum atomic E-state index is -0.288. The van der Waals surface area contributed by atoms with E-state index >= 15 is 0 Å². The second-order valence-electron chi connectivity index (χ2n) is 8.36. The van der Waals surface area contributed by atoms with Gasteiger partial charge in [0.05, 0.1) is 23.6 Å². The molecule has 1 saturated heterocycles. The van der Waals surface area contributed by atoms with Gasteiger partial charge in [-0.25, -0.2) is 4.98 Å². The molecule has 174 valence electrons. The molecule has 3 aromatic rings. The topological polar surface area (TPSA) is 65.4 Å². The zero-order valence-electron chi connectivity index (χ0n) is 19.4. The first kappa shape index (κ1) is 23.4. The summed E-state index contributed by atoms with van der Waals surface area (Å²) in [7, 11) is 0. The molecule has 1 N–H and O–H groups in total. The van der Waals surface area contributed by atoms with Gasteiger partial charge < -0.3 is 19.4 Å². The molecule has 0 spiro atoms. The fraction of sp³-hybridized carbons (Fsp3) is 0.385. The number of carbonyl (C=O) groups is 1. The number of carbonyl (C=O) groups excluding carboxylic acids is 1. The lowest BCUT2D eigenvalue weighted by Crippen LogP contribution is -2.23. The van der Waals surface area contributed by atoms with Gasteiger partial charge in [-0.15, -0.1) is 0 Å². The number of aryl methyl sites for hydroxylation is 1. The van der Waals surface area contributed by atoms with Gasteiger partial charge in [0.25, 0.3) is 0 Å². The molecule has 33 heavy (non-hydrogen) atoms. The number of rotatable bonds is 9.